The monoisotopic (exact) mass is 273 g/mol. The topological polar surface area (TPSA) is 12.0 Å². The highest BCUT2D eigenvalue weighted by Gasteiger charge is 2.25. The van der Waals surface area contributed by atoms with Crippen molar-refractivity contribution >= 4 is 0 Å². The van der Waals surface area contributed by atoms with Crippen molar-refractivity contribution in [3.8, 4) is 0 Å². The Kier molecular flexibility index (Phi) is 5.85. The first-order valence-electron chi connectivity index (χ1n) is 6.67. The summed E-state index contributed by atoms with van der Waals surface area (Å²) in [6.07, 6.45) is -3.98. The average molecular weight is 273 g/mol. The molecular formula is C15H22F3N. The van der Waals surface area contributed by atoms with E-state index in [1.165, 1.54) is 16.7 Å². The van der Waals surface area contributed by atoms with Gasteiger partial charge in [-0.3, -0.25) is 0 Å². The van der Waals surface area contributed by atoms with Crippen LogP contribution in [0.2, 0.25) is 0 Å². The Hall–Kier alpha value is -1.03. The molecule has 0 bridgehead atoms. The van der Waals surface area contributed by atoms with Gasteiger partial charge >= 0.3 is 6.18 Å². The molecule has 0 radical (unpaired) electrons. The van der Waals surface area contributed by atoms with E-state index in [1.54, 1.807) is 0 Å². The second kappa shape index (κ2) is 6.94. The summed E-state index contributed by atoms with van der Waals surface area (Å²) >= 11 is 0. The highest BCUT2D eigenvalue weighted by atomic mass is 19.4. The first-order valence-corrected chi connectivity index (χ1v) is 6.67. The molecular weight excluding hydrogens is 251 g/mol. The van der Waals surface area contributed by atoms with Crippen LogP contribution in [0.25, 0.3) is 0 Å². The molecule has 0 spiro atoms. The van der Waals surface area contributed by atoms with Gasteiger partial charge < -0.3 is 5.32 Å². The minimum atomic E-state index is -4.03. The summed E-state index contributed by atoms with van der Waals surface area (Å²) in [4.78, 5) is 0. The molecule has 108 valence electrons. The van der Waals surface area contributed by atoms with Gasteiger partial charge in [0, 0.05) is 12.5 Å². The Morgan fingerprint density at radius 3 is 2.42 bits per heavy atom. The lowest BCUT2D eigenvalue weighted by molar-refractivity contribution is -0.135. The lowest BCUT2D eigenvalue weighted by Crippen LogP contribution is -2.21. The number of unbranched alkanes of at least 4 members (excludes halogenated alkanes) is 1. The fourth-order valence-corrected chi connectivity index (χ4v) is 2.19. The van der Waals surface area contributed by atoms with Gasteiger partial charge in [0.1, 0.15) is 0 Å². The summed E-state index contributed by atoms with van der Waals surface area (Å²) in [6.45, 7) is 6.77. The Bertz CT molecular complexity index is 399. The van der Waals surface area contributed by atoms with Crippen LogP contribution >= 0.6 is 0 Å². The Morgan fingerprint density at radius 1 is 1.16 bits per heavy atom. The molecule has 4 heteroatoms. The van der Waals surface area contributed by atoms with E-state index >= 15 is 0 Å². The number of alkyl halides is 3. The smallest absolute Gasteiger partial charge is 0.310 e. The average Bonchev–Trinajstić information content (AvgIpc) is 2.26. The third kappa shape index (κ3) is 6.10. The molecule has 19 heavy (non-hydrogen) atoms. The van der Waals surface area contributed by atoms with Gasteiger partial charge in [0.15, 0.2) is 0 Å². The van der Waals surface area contributed by atoms with Crippen molar-refractivity contribution in [3.05, 3.63) is 34.9 Å². The minimum Gasteiger partial charge on any atom is -0.310 e. The number of aryl methyl sites for hydroxylation is 2. The summed E-state index contributed by atoms with van der Waals surface area (Å²) in [5.41, 5.74) is 3.65. The molecule has 1 nitrogen and oxygen atoms in total. The number of hydrogen-bond acceptors (Lipinski definition) is 1. The molecule has 1 aromatic rings. The van der Waals surface area contributed by atoms with Gasteiger partial charge in [-0.15, -0.1) is 0 Å². The largest absolute Gasteiger partial charge is 0.389 e. The van der Waals surface area contributed by atoms with Crippen molar-refractivity contribution in [2.24, 2.45) is 0 Å². The zero-order chi connectivity index (χ0) is 14.5. The van der Waals surface area contributed by atoms with Gasteiger partial charge in [-0.25, -0.2) is 0 Å². The number of nitrogens with one attached hydrogen (secondary N) is 1. The minimum absolute atomic E-state index is 0.173. The Labute approximate surface area is 113 Å². The molecule has 0 aliphatic carbocycles. The maximum absolute atomic E-state index is 12.0. The zero-order valence-corrected chi connectivity index (χ0v) is 11.8. The molecule has 1 aromatic carbocycles. The quantitative estimate of drug-likeness (QED) is 0.742. The van der Waals surface area contributed by atoms with Crippen LogP contribution in [0.5, 0.6) is 0 Å². The summed E-state index contributed by atoms with van der Waals surface area (Å²) in [7, 11) is 0. The fourth-order valence-electron chi connectivity index (χ4n) is 2.19. The standard InChI is InChI=1S/C15H22F3N/c1-11-6-7-14(12(2)10-11)13(3)19-9-5-4-8-15(16,17)18/h6-7,10,13,19H,4-5,8-9H2,1-3H3. The maximum Gasteiger partial charge on any atom is 0.389 e. The van der Waals surface area contributed by atoms with E-state index in [1.807, 2.05) is 13.8 Å². The molecule has 1 atom stereocenters. The SMILES string of the molecule is Cc1ccc(C(C)NCCCCC(F)(F)F)c(C)c1. The second-order valence-electron chi connectivity index (χ2n) is 5.11. The summed E-state index contributed by atoms with van der Waals surface area (Å²) in [5.74, 6) is 0. The molecule has 0 heterocycles. The Balaban J connectivity index is 2.33. The Morgan fingerprint density at radius 2 is 1.84 bits per heavy atom. The van der Waals surface area contributed by atoms with Crippen LogP contribution < -0.4 is 5.32 Å². The highest BCUT2D eigenvalue weighted by Crippen LogP contribution is 2.22. The van der Waals surface area contributed by atoms with Crippen molar-refractivity contribution in [1.82, 2.24) is 5.32 Å². The van der Waals surface area contributed by atoms with Gasteiger partial charge in [-0.1, -0.05) is 23.8 Å². The van der Waals surface area contributed by atoms with Crippen molar-refractivity contribution in [2.75, 3.05) is 6.54 Å². The van der Waals surface area contributed by atoms with Crippen LogP contribution in [0.15, 0.2) is 18.2 Å². The second-order valence-corrected chi connectivity index (χ2v) is 5.11. The summed E-state index contributed by atoms with van der Waals surface area (Å²) in [5, 5.41) is 3.28. The van der Waals surface area contributed by atoms with Crippen LogP contribution in [0.4, 0.5) is 13.2 Å². The van der Waals surface area contributed by atoms with E-state index < -0.39 is 12.6 Å². The molecule has 0 fully saturated rings. The van der Waals surface area contributed by atoms with Crippen molar-refractivity contribution in [3.63, 3.8) is 0 Å². The van der Waals surface area contributed by atoms with Crippen molar-refractivity contribution in [1.29, 1.82) is 0 Å². The van der Waals surface area contributed by atoms with Crippen molar-refractivity contribution in [2.45, 2.75) is 52.3 Å². The summed E-state index contributed by atoms with van der Waals surface area (Å²) < 4.78 is 35.9. The van der Waals surface area contributed by atoms with Gasteiger partial charge in [0.05, 0.1) is 0 Å². The third-order valence-electron chi connectivity index (χ3n) is 3.23. The molecule has 0 saturated heterocycles. The zero-order valence-electron chi connectivity index (χ0n) is 11.8. The van der Waals surface area contributed by atoms with E-state index in [2.05, 4.69) is 30.4 Å². The van der Waals surface area contributed by atoms with E-state index in [0.717, 1.165) is 0 Å². The van der Waals surface area contributed by atoms with Gasteiger partial charge in [0.25, 0.3) is 0 Å². The molecule has 0 aliphatic heterocycles. The van der Waals surface area contributed by atoms with Gasteiger partial charge in [0.2, 0.25) is 0 Å². The molecule has 0 amide bonds. The van der Waals surface area contributed by atoms with Gasteiger partial charge in [-0.05, 0) is 51.3 Å². The van der Waals surface area contributed by atoms with Gasteiger partial charge in [-0.2, -0.15) is 13.2 Å². The van der Waals surface area contributed by atoms with E-state index in [9.17, 15) is 13.2 Å². The predicted molar refractivity (Wildman–Crippen MR) is 72.2 cm³/mol. The highest BCUT2D eigenvalue weighted by molar-refractivity contribution is 5.32. The predicted octanol–water partition coefficient (Wildman–Crippen LogP) is 4.69. The molecule has 1 rings (SSSR count). The fraction of sp³-hybridized carbons (Fsp3) is 0.600. The number of benzene rings is 1. The number of halogens is 3. The molecule has 1 unspecified atom stereocenters. The molecule has 0 aromatic heterocycles. The lowest BCUT2D eigenvalue weighted by Gasteiger charge is -2.17. The molecule has 1 N–H and O–H groups in total. The number of rotatable bonds is 6. The third-order valence-corrected chi connectivity index (χ3v) is 3.23. The van der Waals surface area contributed by atoms with Crippen LogP contribution in [-0.4, -0.2) is 12.7 Å². The van der Waals surface area contributed by atoms with E-state index in [-0.39, 0.29) is 12.5 Å². The van der Waals surface area contributed by atoms with Crippen LogP contribution in [0.3, 0.4) is 0 Å². The van der Waals surface area contributed by atoms with E-state index in [4.69, 9.17) is 0 Å². The van der Waals surface area contributed by atoms with E-state index in [0.29, 0.717) is 13.0 Å². The normalized spacial score (nSPS) is 13.6. The summed E-state index contributed by atoms with van der Waals surface area (Å²) in [6, 6.07) is 6.44. The molecule has 0 aliphatic rings. The first-order chi connectivity index (χ1) is 8.79. The first kappa shape index (κ1) is 16.0. The van der Waals surface area contributed by atoms with Crippen LogP contribution in [0.1, 0.15) is 48.9 Å². The maximum atomic E-state index is 12.0. The van der Waals surface area contributed by atoms with Crippen LogP contribution in [-0.2, 0) is 0 Å². The van der Waals surface area contributed by atoms with Crippen LogP contribution in [0, 0.1) is 13.8 Å². The number of hydrogen-bond donors (Lipinski definition) is 1. The lowest BCUT2D eigenvalue weighted by atomic mass is 10.0. The molecule has 0 saturated carbocycles. The van der Waals surface area contributed by atoms with Crippen molar-refractivity contribution < 1.29 is 13.2 Å².